The standard InChI is InChI=1S/C26H37F3/c1-2-3-18-4-5-24-17-23(11-10-22(24)16-18)21-8-6-19(7-9-21)20-12-14-25(15-13-20)26(27,28)29/h12-15,18-19,21-24H,2-11,16-17H2,1H3. The van der Waals surface area contributed by atoms with E-state index < -0.39 is 11.7 Å². The molecular formula is C26H37F3. The first-order valence-electron chi connectivity index (χ1n) is 12.1. The molecule has 0 aliphatic heterocycles. The molecule has 0 spiro atoms. The molecular weight excluding hydrogens is 369 g/mol. The van der Waals surface area contributed by atoms with Gasteiger partial charge in [-0.15, -0.1) is 0 Å². The van der Waals surface area contributed by atoms with Crippen molar-refractivity contribution >= 4 is 0 Å². The summed E-state index contributed by atoms with van der Waals surface area (Å²) in [5, 5.41) is 0. The molecule has 0 saturated heterocycles. The Bertz CT molecular complexity index is 639. The van der Waals surface area contributed by atoms with E-state index in [4.69, 9.17) is 0 Å². The maximum Gasteiger partial charge on any atom is 0.416 e. The summed E-state index contributed by atoms with van der Waals surface area (Å²) < 4.78 is 38.4. The van der Waals surface area contributed by atoms with Crippen LogP contribution in [0.2, 0.25) is 0 Å². The Hall–Kier alpha value is -0.990. The highest BCUT2D eigenvalue weighted by molar-refractivity contribution is 5.27. The van der Waals surface area contributed by atoms with Crippen molar-refractivity contribution in [3.05, 3.63) is 35.4 Å². The van der Waals surface area contributed by atoms with Crippen LogP contribution >= 0.6 is 0 Å². The zero-order chi connectivity index (χ0) is 20.4. The first kappa shape index (κ1) is 21.2. The molecule has 1 aromatic carbocycles. The summed E-state index contributed by atoms with van der Waals surface area (Å²) in [6.45, 7) is 2.32. The molecule has 0 amide bonds. The van der Waals surface area contributed by atoms with Crippen molar-refractivity contribution in [3.63, 3.8) is 0 Å². The SMILES string of the molecule is CCCC1CCC2CC(C3CCC(c4ccc(C(F)(F)F)cc4)CC3)CCC2C1. The summed E-state index contributed by atoms with van der Waals surface area (Å²) in [6.07, 6.45) is 12.1. The number of hydrogen-bond donors (Lipinski definition) is 0. The minimum atomic E-state index is -4.23. The summed E-state index contributed by atoms with van der Waals surface area (Å²) in [4.78, 5) is 0. The maximum absolute atomic E-state index is 12.8. The van der Waals surface area contributed by atoms with Crippen molar-refractivity contribution in [1.82, 2.24) is 0 Å². The molecule has 3 fully saturated rings. The molecule has 0 heterocycles. The van der Waals surface area contributed by atoms with E-state index in [1.807, 2.05) is 0 Å². The number of alkyl halides is 3. The van der Waals surface area contributed by atoms with Gasteiger partial charge >= 0.3 is 6.18 Å². The highest BCUT2D eigenvalue weighted by atomic mass is 19.4. The number of rotatable bonds is 4. The van der Waals surface area contributed by atoms with Gasteiger partial charge in [-0.2, -0.15) is 13.2 Å². The number of halogens is 3. The minimum absolute atomic E-state index is 0.453. The fourth-order valence-electron chi connectivity index (χ4n) is 6.99. The van der Waals surface area contributed by atoms with Crippen LogP contribution in [0.1, 0.15) is 101 Å². The lowest BCUT2D eigenvalue weighted by Gasteiger charge is -2.45. The zero-order valence-electron chi connectivity index (χ0n) is 17.9. The normalized spacial score (nSPS) is 35.9. The summed E-state index contributed by atoms with van der Waals surface area (Å²) in [6, 6.07) is 5.96. The van der Waals surface area contributed by atoms with Gasteiger partial charge in [0.15, 0.2) is 0 Å². The maximum atomic E-state index is 12.8. The molecule has 0 nitrogen and oxygen atoms in total. The summed E-state index contributed by atoms with van der Waals surface area (Å²) in [5.74, 6) is 5.20. The molecule has 0 bridgehead atoms. The average molecular weight is 407 g/mol. The Morgan fingerprint density at radius 3 is 1.90 bits per heavy atom. The molecule has 29 heavy (non-hydrogen) atoms. The lowest BCUT2D eigenvalue weighted by Crippen LogP contribution is -2.34. The van der Waals surface area contributed by atoms with Crippen LogP contribution in [0.4, 0.5) is 13.2 Å². The van der Waals surface area contributed by atoms with E-state index in [9.17, 15) is 13.2 Å². The first-order chi connectivity index (χ1) is 13.9. The molecule has 1 aromatic rings. The monoisotopic (exact) mass is 406 g/mol. The lowest BCUT2D eigenvalue weighted by atomic mass is 9.60. The highest BCUT2D eigenvalue weighted by Crippen LogP contribution is 2.50. The van der Waals surface area contributed by atoms with Crippen molar-refractivity contribution in [2.24, 2.45) is 29.6 Å². The molecule has 3 heteroatoms. The van der Waals surface area contributed by atoms with Gasteiger partial charge in [-0.3, -0.25) is 0 Å². The molecule has 0 aromatic heterocycles. The van der Waals surface area contributed by atoms with Crippen molar-refractivity contribution in [1.29, 1.82) is 0 Å². The third kappa shape index (κ3) is 5.02. The predicted molar refractivity (Wildman–Crippen MR) is 113 cm³/mol. The lowest BCUT2D eigenvalue weighted by molar-refractivity contribution is -0.137. The molecule has 3 aliphatic rings. The summed E-state index contributed by atoms with van der Waals surface area (Å²) in [7, 11) is 0. The number of fused-ring (bicyclic) bond motifs is 1. The quantitative estimate of drug-likeness (QED) is 0.469. The van der Waals surface area contributed by atoms with E-state index in [2.05, 4.69) is 6.92 Å². The van der Waals surface area contributed by atoms with E-state index in [-0.39, 0.29) is 0 Å². The third-order valence-electron chi connectivity index (χ3n) is 8.61. The van der Waals surface area contributed by atoms with Gasteiger partial charge in [0.2, 0.25) is 0 Å². The number of benzene rings is 1. The molecule has 0 radical (unpaired) electrons. The smallest absolute Gasteiger partial charge is 0.166 e. The second-order valence-corrected chi connectivity index (χ2v) is 10.3. The van der Waals surface area contributed by atoms with E-state index >= 15 is 0 Å². The second-order valence-electron chi connectivity index (χ2n) is 10.3. The van der Waals surface area contributed by atoms with Crippen LogP contribution in [0.5, 0.6) is 0 Å². The topological polar surface area (TPSA) is 0 Å². The van der Waals surface area contributed by atoms with Gasteiger partial charge in [0.1, 0.15) is 0 Å². The van der Waals surface area contributed by atoms with Crippen LogP contribution in [-0.2, 0) is 6.18 Å². The van der Waals surface area contributed by atoms with Gasteiger partial charge in [0.25, 0.3) is 0 Å². The minimum Gasteiger partial charge on any atom is -0.166 e. The van der Waals surface area contributed by atoms with Crippen LogP contribution in [0, 0.1) is 29.6 Å². The van der Waals surface area contributed by atoms with Crippen molar-refractivity contribution in [2.45, 2.75) is 96.1 Å². The summed E-state index contributed by atoms with van der Waals surface area (Å²) >= 11 is 0. The van der Waals surface area contributed by atoms with Gasteiger partial charge in [-0.25, -0.2) is 0 Å². The molecule has 4 rings (SSSR count). The van der Waals surface area contributed by atoms with E-state index in [1.54, 1.807) is 12.1 Å². The Morgan fingerprint density at radius 1 is 0.724 bits per heavy atom. The largest absolute Gasteiger partial charge is 0.416 e. The molecule has 4 unspecified atom stereocenters. The molecule has 0 N–H and O–H groups in total. The van der Waals surface area contributed by atoms with Gasteiger partial charge in [0, 0.05) is 0 Å². The van der Waals surface area contributed by atoms with E-state index in [0.29, 0.717) is 5.92 Å². The van der Waals surface area contributed by atoms with Crippen LogP contribution in [0.25, 0.3) is 0 Å². The van der Waals surface area contributed by atoms with E-state index in [0.717, 1.165) is 48.0 Å². The highest BCUT2D eigenvalue weighted by Gasteiger charge is 2.38. The Morgan fingerprint density at radius 2 is 1.28 bits per heavy atom. The van der Waals surface area contributed by atoms with E-state index in [1.165, 1.54) is 76.3 Å². The second kappa shape index (κ2) is 9.02. The molecule has 4 atom stereocenters. The Labute approximate surface area is 174 Å². The fourth-order valence-corrected chi connectivity index (χ4v) is 6.99. The third-order valence-corrected chi connectivity index (χ3v) is 8.61. The Balaban J connectivity index is 1.27. The zero-order valence-corrected chi connectivity index (χ0v) is 17.9. The van der Waals surface area contributed by atoms with Crippen LogP contribution in [-0.4, -0.2) is 0 Å². The van der Waals surface area contributed by atoms with Crippen molar-refractivity contribution in [3.8, 4) is 0 Å². The van der Waals surface area contributed by atoms with Gasteiger partial charge in [0.05, 0.1) is 5.56 Å². The van der Waals surface area contributed by atoms with Crippen LogP contribution in [0.3, 0.4) is 0 Å². The predicted octanol–water partition coefficient (Wildman–Crippen LogP) is 8.61. The van der Waals surface area contributed by atoms with Gasteiger partial charge in [-0.1, -0.05) is 38.3 Å². The Kier molecular flexibility index (Phi) is 6.61. The molecule has 3 saturated carbocycles. The van der Waals surface area contributed by atoms with Crippen molar-refractivity contribution < 1.29 is 13.2 Å². The van der Waals surface area contributed by atoms with Crippen molar-refractivity contribution in [2.75, 3.05) is 0 Å². The fraction of sp³-hybridized carbons (Fsp3) is 0.769. The molecule has 162 valence electrons. The van der Waals surface area contributed by atoms with Gasteiger partial charge in [-0.05, 0) is 111 Å². The summed E-state index contributed by atoms with van der Waals surface area (Å²) in [5.41, 5.74) is 0.578. The first-order valence-corrected chi connectivity index (χ1v) is 12.1. The van der Waals surface area contributed by atoms with Crippen LogP contribution < -0.4 is 0 Å². The van der Waals surface area contributed by atoms with Gasteiger partial charge < -0.3 is 0 Å². The average Bonchev–Trinajstić information content (AvgIpc) is 2.73. The molecule has 3 aliphatic carbocycles. The number of hydrogen-bond acceptors (Lipinski definition) is 0. The van der Waals surface area contributed by atoms with Crippen LogP contribution in [0.15, 0.2) is 24.3 Å².